The minimum atomic E-state index is -0.528. The van der Waals surface area contributed by atoms with Crippen molar-refractivity contribution in [3.05, 3.63) is 63.8 Å². The molecule has 0 aliphatic rings. The van der Waals surface area contributed by atoms with Crippen LogP contribution in [0.2, 0.25) is 0 Å². The molecule has 0 radical (unpaired) electrons. The second-order valence-corrected chi connectivity index (χ2v) is 6.21. The lowest BCUT2D eigenvalue weighted by atomic mass is 10.1. The quantitative estimate of drug-likeness (QED) is 0.524. The molecule has 0 spiro atoms. The van der Waals surface area contributed by atoms with Crippen LogP contribution in [0, 0.1) is 13.8 Å². The number of aromatic amines is 1. The van der Waals surface area contributed by atoms with Gasteiger partial charge in [0.25, 0.3) is 17.3 Å². The molecule has 3 aromatic heterocycles. The van der Waals surface area contributed by atoms with Gasteiger partial charge in [-0.05, 0) is 26.0 Å². The first-order valence-corrected chi connectivity index (χ1v) is 8.53. The zero-order valence-electron chi connectivity index (χ0n) is 15.2. The van der Waals surface area contributed by atoms with Crippen molar-refractivity contribution in [2.24, 2.45) is 0 Å². The highest BCUT2D eigenvalue weighted by Crippen LogP contribution is 2.25. The monoisotopic (exact) mass is 380 g/mol. The standard InChI is InChI=1S/C19H16N4O5/c1-10-7-14(11(2)27-10)19-23-21-16(28-19)9-26-17(24)8-15-12-5-3-4-6-13(12)18(25)22-20-15/h3-7H,8-9H2,1-2H3,(H,22,25). The Labute approximate surface area is 158 Å². The lowest BCUT2D eigenvalue weighted by Gasteiger charge is -2.04. The molecule has 142 valence electrons. The molecule has 0 atom stereocenters. The minimum Gasteiger partial charge on any atom is -0.466 e. The first-order chi connectivity index (χ1) is 13.5. The summed E-state index contributed by atoms with van der Waals surface area (Å²) in [5, 5.41) is 15.3. The van der Waals surface area contributed by atoms with Crippen molar-refractivity contribution in [2.45, 2.75) is 26.9 Å². The number of carbonyl (C=O) groups is 1. The number of rotatable bonds is 5. The van der Waals surface area contributed by atoms with Crippen LogP contribution in [0.15, 0.2) is 44.0 Å². The molecule has 1 aromatic carbocycles. The third-order valence-corrected chi connectivity index (χ3v) is 4.18. The normalized spacial score (nSPS) is 11.1. The molecule has 0 aliphatic heterocycles. The van der Waals surface area contributed by atoms with Gasteiger partial charge in [0.2, 0.25) is 0 Å². The third kappa shape index (κ3) is 3.41. The Hall–Kier alpha value is -3.75. The summed E-state index contributed by atoms with van der Waals surface area (Å²) in [6.45, 7) is 3.46. The number of benzene rings is 1. The van der Waals surface area contributed by atoms with Gasteiger partial charge in [-0.15, -0.1) is 10.2 Å². The molecule has 9 heteroatoms. The number of hydrogen-bond acceptors (Lipinski definition) is 8. The van der Waals surface area contributed by atoms with E-state index in [2.05, 4.69) is 20.4 Å². The van der Waals surface area contributed by atoms with E-state index in [-0.39, 0.29) is 24.5 Å². The molecule has 4 aromatic rings. The molecule has 9 nitrogen and oxygen atoms in total. The number of esters is 1. The number of nitrogens with one attached hydrogen (secondary N) is 1. The van der Waals surface area contributed by atoms with Gasteiger partial charge in [0.1, 0.15) is 11.5 Å². The van der Waals surface area contributed by atoms with Crippen molar-refractivity contribution in [1.29, 1.82) is 0 Å². The van der Waals surface area contributed by atoms with Gasteiger partial charge in [0, 0.05) is 5.39 Å². The summed E-state index contributed by atoms with van der Waals surface area (Å²) < 4.78 is 16.2. The number of carbonyl (C=O) groups excluding carboxylic acids is 1. The average molecular weight is 380 g/mol. The molecule has 0 saturated heterocycles. The largest absolute Gasteiger partial charge is 0.466 e. The highest BCUT2D eigenvalue weighted by molar-refractivity contribution is 5.86. The Morgan fingerprint density at radius 1 is 1.14 bits per heavy atom. The summed E-state index contributed by atoms with van der Waals surface area (Å²) in [6.07, 6.45) is -0.0989. The topological polar surface area (TPSA) is 124 Å². The van der Waals surface area contributed by atoms with E-state index in [4.69, 9.17) is 13.6 Å². The van der Waals surface area contributed by atoms with Gasteiger partial charge < -0.3 is 13.6 Å². The van der Waals surface area contributed by atoms with Gasteiger partial charge in [0.15, 0.2) is 6.61 Å². The predicted octanol–water partition coefficient (Wildman–Crippen LogP) is 2.47. The Balaban J connectivity index is 1.44. The lowest BCUT2D eigenvalue weighted by molar-refractivity contribution is -0.144. The summed E-state index contributed by atoms with van der Waals surface area (Å²) in [7, 11) is 0. The molecular weight excluding hydrogens is 364 g/mol. The van der Waals surface area contributed by atoms with E-state index in [1.54, 1.807) is 37.3 Å². The van der Waals surface area contributed by atoms with Crippen LogP contribution < -0.4 is 5.56 Å². The van der Waals surface area contributed by atoms with E-state index < -0.39 is 5.97 Å². The number of furan rings is 1. The Bertz CT molecular complexity index is 1220. The highest BCUT2D eigenvalue weighted by Gasteiger charge is 2.16. The molecule has 0 aliphatic carbocycles. The molecule has 0 unspecified atom stereocenters. The fraction of sp³-hybridized carbons (Fsp3) is 0.211. The average Bonchev–Trinajstić information content (AvgIpc) is 3.28. The van der Waals surface area contributed by atoms with Crippen LogP contribution in [-0.2, 0) is 22.6 Å². The Kier molecular flexibility index (Phi) is 4.48. The maximum atomic E-state index is 12.2. The predicted molar refractivity (Wildman–Crippen MR) is 97.3 cm³/mol. The number of hydrogen-bond donors (Lipinski definition) is 1. The fourth-order valence-electron chi connectivity index (χ4n) is 2.90. The van der Waals surface area contributed by atoms with Crippen molar-refractivity contribution >= 4 is 16.7 Å². The molecule has 0 fully saturated rings. The molecule has 1 N–H and O–H groups in total. The summed E-state index contributed by atoms with van der Waals surface area (Å²) >= 11 is 0. The van der Waals surface area contributed by atoms with Crippen LogP contribution in [0.3, 0.4) is 0 Å². The summed E-state index contributed by atoms with van der Waals surface area (Å²) in [6, 6.07) is 8.73. The molecule has 0 saturated carbocycles. The lowest BCUT2D eigenvalue weighted by Crippen LogP contribution is -2.15. The molecule has 0 amide bonds. The van der Waals surface area contributed by atoms with Crippen molar-refractivity contribution in [3.63, 3.8) is 0 Å². The van der Waals surface area contributed by atoms with E-state index in [0.29, 0.717) is 33.7 Å². The van der Waals surface area contributed by atoms with Crippen LogP contribution in [0.25, 0.3) is 22.2 Å². The molecule has 4 rings (SSSR count). The van der Waals surface area contributed by atoms with Crippen molar-refractivity contribution in [1.82, 2.24) is 20.4 Å². The molecule has 3 heterocycles. The highest BCUT2D eigenvalue weighted by atomic mass is 16.5. The maximum Gasteiger partial charge on any atom is 0.312 e. The van der Waals surface area contributed by atoms with Gasteiger partial charge in [0.05, 0.1) is 23.1 Å². The summed E-state index contributed by atoms with van der Waals surface area (Å²) in [5.74, 6) is 1.34. The first kappa shape index (κ1) is 17.7. The van der Waals surface area contributed by atoms with Gasteiger partial charge in [-0.3, -0.25) is 9.59 Å². The summed E-state index contributed by atoms with van der Waals surface area (Å²) in [4.78, 5) is 24.0. The van der Waals surface area contributed by atoms with Gasteiger partial charge in [-0.1, -0.05) is 18.2 Å². The zero-order chi connectivity index (χ0) is 19.7. The van der Waals surface area contributed by atoms with E-state index >= 15 is 0 Å². The van der Waals surface area contributed by atoms with Crippen LogP contribution in [0.1, 0.15) is 23.1 Å². The number of aryl methyl sites for hydroxylation is 2. The number of H-pyrrole nitrogens is 1. The van der Waals surface area contributed by atoms with Crippen LogP contribution in [0.4, 0.5) is 0 Å². The fourth-order valence-corrected chi connectivity index (χ4v) is 2.90. The minimum absolute atomic E-state index is 0.0989. The third-order valence-electron chi connectivity index (χ3n) is 4.18. The number of nitrogens with zero attached hydrogens (tertiary/aromatic N) is 3. The first-order valence-electron chi connectivity index (χ1n) is 8.53. The van der Waals surface area contributed by atoms with Crippen LogP contribution >= 0.6 is 0 Å². The van der Waals surface area contributed by atoms with Crippen molar-refractivity contribution in [3.8, 4) is 11.5 Å². The van der Waals surface area contributed by atoms with Crippen molar-refractivity contribution in [2.75, 3.05) is 0 Å². The van der Waals surface area contributed by atoms with E-state index in [9.17, 15) is 9.59 Å². The van der Waals surface area contributed by atoms with Crippen LogP contribution in [0.5, 0.6) is 0 Å². The zero-order valence-corrected chi connectivity index (χ0v) is 15.2. The smallest absolute Gasteiger partial charge is 0.312 e. The Morgan fingerprint density at radius 2 is 1.93 bits per heavy atom. The maximum absolute atomic E-state index is 12.2. The van der Waals surface area contributed by atoms with Crippen molar-refractivity contribution < 1.29 is 18.4 Å². The summed E-state index contributed by atoms with van der Waals surface area (Å²) in [5.41, 5.74) is 0.818. The molecule has 28 heavy (non-hydrogen) atoms. The van der Waals surface area contributed by atoms with Gasteiger partial charge >= 0.3 is 5.97 Å². The van der Waals surface area contributed by atoms with E-state index in [0.717, 1.165) is 5.76 Å². The molecule has 0 bridgehead atoms. The number of fused-ring (bicyclic) bond motifs is 1. The number of aromatic nitrogens is 4. The number of ether oxygens (including phenoxy) is 1. The SMILES string of the molecule is Cc1cc(-c2nnc(COC(=O)Cc3n[nH]c(=O)c4ccccc34)o2)c(C)o1. The van der Waals surface area contributed by atoms with Crippen LogP contribution in [-0.4, -0.2) is 26.4 Å². The molecular formula is C19H16N4O5. The van der Waals surface area contributed by atoms with Gasteiger partial charge in [-0.2, -0.15) is 5.10 Å². The second-order valence-electron chi connectivity index (χ2n) is 6.21. The Morgan fingerprint density at radius 3 is 2.68 bits per heavy atom. The van der Waals surface area contributed by atoms with E-state index in [1.165, 1.54) is 0 Å². The second kappa shape index (κ2) is 7.10. The van der Waals surface area contributed by atoms with E-state index in [1.807, 2.05) is 6.92 Å². The van der Waals surface area contributed by atoms with Gasteiger partial charge in [-0.25, -0.2) is 5.10 Å².